The average Bonchev–Trinajstić information content (AvgIpc) is 2.75. The molecule has 0 saturated carbocycles. The summed E-state index contributed by atoms with van der Waals surface area (Å²) in [6.07, 6.45) is 1.08. The number of alkyl carbamates (subject to hydrolysis) is 1. The van der Waals surface area contributed by atoms with E-state index in [9.17, 15) is 9.59 Å². The molecule has 1 atom stereocenters. The van der Waals surface area contributed by atoms with Crippen LogP contribution in [0, 0.1) is 5.92 Å². The molecule has 0 aromatic carbocycles. The summed E-state index contributed by atoms with van der Waals surface area (Å²) in [4.78, 5) is 27.2. The molecule has 5 nitrogen and oxygen atoms in total. The first-order valence-corrected chi connectivity index (χ1v) is 6.58. The molecule has 0 fully saturated rings. The monoisotopic (exact) mass is 270 g/mol. The molecule has 1 amide bonds. The molecule has 6 heteroatoms. The molecule has 1 N–H and O–H groups in total. The van der Waals surface area contributed by atoms with Crippen molar-refractivity contribution in [2.24, 2.45) is 5.92 Å². The number of nitrogens with one attached hydrogen (secondary N) is 1. The van der Waals surface area contributed by atoms with Gasteiger partial charge in [0, 0.05) is 24.0 Å². The molecule has 1 aromatic rings. The van der Waals surface area contributed by atoms with Crippen LogP contribution in [0.1, 0.15) is 37.5 Å². The Labute approximate surface area is 111 Å². The van der Waals surface area contributed by atoms with Crippen LogP contribution in [0.25, 0.3) is 0 Å². The largest absolute Gasteiger partial charge is 0.444 e. The second kappa shape index (κ2) is 5.95. The Bertz CT molecular complexity index is 409. The molecule has 0 aliphatic rings. The summed E-state index contributed by atoms with van der Waals surface area (Å²) in [6, 6.07) is 0. The van der Waals surface area contributed by atoms with E-state index in [0.29, 0.717) is 5.01 Å². The van der Waals surface area contributed by atoms with E-state index in [4.69, 9.17) is 4.74 Å². The Morgan fingerprint density at radius 3 is 2.67 bits per heavy atom. The molecule has 100 valence electrons. The van der Waals surface area contributed by atoms with Gasteiger partial charge in [-0.3, -0.25) is 4.79 Å². The summed E-state index contributed by atoms with van der Waals surface area (Å²) >= 11 is 1.30. The fourth-order valence-electron chi connectivity index (χ4n) is 1.20. The summed E-state index contributed by atoms with van der Waals surface area (Å²) < 4.78 is 5.08. The van der Waals surface area contributed by atoms with Gasteiger partial charge in [0.2, 0.25) is 0 Å². The third kappa shape index (κ3) is 4.83. The Morgan fingerprint density at radius 1 is 1.50 bits per heavy atom. The highest BCUT2D eigenvalue weighted by Crippen LogP contribution is 2.11. The number of ether oxygens (including phenoxy) is 1. The third-order valence-corrected chi connectivity index (χ3v) is 2.83. The van der Waals surface area contributed by atoms with Crippen LogP contribution in [0.4, 0.5) is 4.79 Å². The van der Waals surface area contributed by atoms with E-state index in [2.05, 4.69) is 10.3 Å². The minimum atomic E-state index is -0.535. The van der Waals surface area contributed by atoms with E-state index < -0.39 is 11.7 Å². The summed E-state index contributed by atoms with van der Waals surface area (Å²) in [5.74, 6) is -0.385. The van der Waals surface area contributed by atoms with Crippen LogP contribution in [0.15, 0.2) is 11.6 Å². The minimum Gasteiger partial charge on any atom is -0.444 e. The maximum atomic E-state index is 11.9. The number of hydrogen-bond acceptors (Lipinski definition) is 5. The lowest BCUT2D eigenvalue weighted by atomic mass is 10.1. The number of Topliss-reactive ketones (excluding diaryl/α,β-unsaturated/α-hetero) is 1. The average molecular weight is 270 g/mol. The highest BCUT2D eigenvalue weighted by Gasteiger charge is 2.20. The summed E-state index contributed by atoms with van der Waals surface area (Å²) in [7, 11) is 0. The summed E-state index contributed by atoms with van der Waals surface area (Å²) in [5.41, 5.74) is -0.535. The van der Waals surface area contributed by atoms with Crippen molar-refractivity contribution in [3.63, 3.8) is 0 Å². The van der Waals surface area contributed by atoms with Crippen molar-refractivity contribution in [2.75, 3.05) is 6.54 Å². The van der Waals surface area contributed by atoms with Crippen molar-refractivity contribution in [3.8, 4) is 0 Å². The molecule has 0 spiro atoms. The van der Waals surface area contributed by atoms with Crippen LogP contribution in [0.2, 0.25) is 0 Å². The Hall–Kier alpha value is -1.43. The van der Waals surface area contributed by atoms with E-state index in [1.165, 1.54) is 11.3 Å². The van der Waals surface area contributed by atoms with Gasteiger partial charge in [-0.25, -0.2) is 9.78 Å². The second-order valence-corrected chi connectivity index (χ2v) is 5.88. The Kier molecular flexibility index (Phi) is 4.84. The Balaban J connectivity index is 2.40. The zero-order chi connectivity index (χ0) is 13.8. The lowest BCUT2D eigenvalue weighted by Gasteiger charge is -2.20. The van der Waals surface area contributed by atoms with Crippen molar-refractivity contribution >= 4 is 23.2 Å². The smallest absolute Gasteiger partial charge is 0.407 e. The zero-order valence-electron chi connectivity index (χ0n) is 11.0. The van der Waals surface area contributed by atoms with Crippen LogP contribution in [0.3, 0.4) is 0 Å². The third-order valence-electron chi connectivity index (χ3n) is 2.04. The number of carbonyl (C=O) groups excluding carboxylic acids is 2. The molecule has 0 aliphatic carbocycles. The predicted molar refractivity (Wildman–Crippen MR) is 69.8 cm³/mol. The van der Waals surface area contributed by atoms with E-state index >= 15 is 0 Å². The summed E-state index contributed by atoms with van der Waals surface area (Å²) in [5, 5.41) is 4.79. The van der Waals surface area contributed by atoms with Gasteiger partial charge in [0.05, 0.1) is 0 Å². The molecule has 1 aromatic heterocycles. The fraction of sp³-hybridized carbons (Fsp3) is 0.583. The minimum absolute atomic E-state index is 0.0685. The number of rotatable bonds is 4. The van der Waals surface area contributed by atoms with Crippen molar-refractivity contribution in [3.05, 3.63) is 16.6 Å². The first kappa shape index (κ1) is 14.6. The topological polar surface area (TPSA) is 68.3 Å². The van der Waals surface area contributed by atoms with Crippen LogP contribution in [-0.4, -0.2) is 29.0 Å². The molecule has 0 radical (unpaired) electrons. The molecule has 1 rings (SSSR count). The number of amides is 1. The first-order valence-electron chi connectivity index (χ1n) is 5.70. The molecular weight excluding hydrogens is 252 g/mol. The maximum absolute atomic E-state index is 11.9. The van der Waals surface area contributed by atoms with E-state index in [0.717, 1.165) is 0 Å². The molecule has 1 unspecified atom stereocenters. The van der Waals surface area contributed by atoms with Crippen LogP contribution in [-0.2, 0) is 4.74 Å². The van der Waals surface area contributed by atoms with Gasteiger partial charge in [0.1, 0.15) is 5.60 Å². The van der Waals surface area contributed by atoms with Crippen molar-refractivity contribution in [1.29, 1.82) is 0 Å². The van der Waals surface area contributed by atoms with E-state index in [-0.39, 0.29) is 18.2 Å². The normalized spacial score (nSPS) is 12.9. The number of hydrogen-bond donors (Lipinski definition) is 1. The SMILES string of the molecule is CC(CNC(=O)OC(C)(C)C)C(=O)c1nccs1. The van der Waals surface area contributed by atoms with E-state index in [1.54, 1.807) is 39.3 Å². The lowest BCUT2D eigenvalue weighted by molar-refractivity contribution is 0.0520. The highest BCUT2D eigenvalue weighted by molar-refractivity contribution is 7.11. The number of ketones is 1. The summed E-state index contributed by atoms with van der Waals surface area (Å²) in [6.45, 7) is 7.36. The van der Waals surface area contributed by atoms with Gasteiger partial charge in [-0.1, -0.05) is 6.92 Å². The second-order valence-electron chi connectivity index (χ2n) is 4.99. The van der Waals surface area contributed by atoms with E-state index in [1.807, 2.05) is 0 Å². The molecular formula is C12H18N2O3S. The molecule has 18 heavy (non-hydrogen) atoms. The molecule has 0 bridgehead atoms. The quantitative estimate of drug-likeness (QED) is 0.853. The van der Waals surface area contributed by atoms with Gasteiger partial charge in [0.15, 0.2) is 10.8 Å². The number of carbonyl (C=O) groups is 2. The van der Waals surface area contributed by atoms with Crippen molar-refractivity contribution < 1.29 is 14.3 Å². The zero-order valence-corrected chi connectivity index (χ0v) is 11.8. The van der Waals surface area contributed by atoms with Gasteiger partial charge in [-0.05, 0) is 20.8 Å². The van der Waals surface area contributed by atoms with Gasteiger partial charge < -0.3 is 10.1 Å². The van der Waals surface area contributed by atoms with Gasteiger partial charge in [0.25, 0.3) is 0 Å². The van der Waals surface area contributed by atoms with Crippen molar-refractivity contribution in [2.45, 2.75) is 33.3 Å². The fourth-order valence-corrected chi connectivity index (χ4v) is 1.89. The van der Waals surface area contributed by atoms with Gasteiger partial charge in [-0.15, -0.1) is 11.3 Å². The number of aromatic nitrogens is 1. The van der Waals surface area contributed by atoms with Crippen molar-refractivity contribution in [1.82, 2.24) is 10.3 Å². The maximum Gasteiger partial charge on any atom is 0.407 e. The first-order chi connectivity index (χ1) is 8.29. The van der Waals surface area contributed by atoms with Crippen LogP contribution < -0.4 is 5.32 Å². The van der Waals surface area contributed by atoms with Crippen LogP contribution >= 0.6 is 11.3 Å². The van der Waals surface area contributed by atoms with Gasteiger partial charge >= 0.3 is 6.09 Å². The highest BCUT2D eigenvalue weighted by atomic mass is 32.1. The molecule has 0 aliphatic heterocycles. The van der Waals surface area contributed by atoms with Gasteiger partial charge in [-0.2, -0.15) is 0 Å². The predicted octanol–water partition coefficient (Wildman–Crippen LogP) is 2.49. The number of nitrogens with zero attached hydrogens (tertiary/aromatic N) is 1. The Morgan fingerprint density at radius 2 is 2.17 bits per heavy atom. The molecule has 1 heterocycles. The van der Waals surface area contributed by atoms with Crippen LogP contribution in [0.5, 0.6) is 0 Å². The molecule has 0 saturated heterocycles. The lowest BCUT2D eigenvalue weighted by Crippen LogP contribution is -2.36. The number of thiazole rings is 1. The standard InChI is InChI=1S/C12H18N2O3S/c1-8(9(15)10-13-5-6-18-10)7-14-11(16)17-12(2,3)4/h5-6,8H,7H2,1-4H3,(H,14,16).